The number of halogens is 4. The van der Waals surface area contributed by atoms with Crippen LogP contribution in [0, 0.1) is 0 Å². The Hall–Kier alpha value is -2.65. The molecule has 27 heavy (non-hydrogen) atoms. The van der Waals surface area contributed by atoms with Crippen LogP contribution < -0.4 is 5.32 Å². The highest BCUT2D eigenvalue weighted by Gasteiger charge is 2.39. The number of aromatic nitrogens is 3. The van der Waals surface area contributed by atoms with Crippen molar-refractivity contribution in [2.24, 2.45) is 0 Å². The van der Waals surface area contributed by atoms with Crippen LogP contribution in [0.25, 0.3) is 22.0 Å². The van der Waals surface area contributed by atoms with Crippen molar-refractivity contribution in [3.05, 3.63) is 41.7 Å². The van der Waals surface area contributed by atoms with Gasteiger partial charge in [-0.1, -0.05) is 11.6 Å². The number of ether oxygens (including phenoxy) is 1. The molecule has 0 fully saturated rings. The number of alkyl halides is 3. The number of methoxy groups -OCH3 is 1. The number of phenolic OH excluding ortho intramolecular Hbond substituents is 1. The first-order valence-corrected chi connectivity index (χ1v) is 8.11. The van der Waals surface area contributed by atoms with Gasteiger partial charge in [0.1, 0.15) is 11.4 Å². The number of benzene rings is 1. The zero-order valence-corrected chi connectivity index (χ0v) is 14.7. The molecule has 0 saturated heterocycles. The third-order valence-electron chi connectivity index (χ3n) is 3.90. The number of aromatic hydroxyl groups is 1. The van der Waals surface area contributed by atoms with Gasteiger partial charge < -0.3 is 15.2 Å². The molecule has 6 nitrogen and oxygen atoms in total. The summed E-state index contributed by atoms with van der Waals surface area (Å²) in [5.74, 6) is 0.0359. The van der Waals surface area contributed by atoms with E-state index in [4.69, 9.17) is 11.6 Å². The number of hydrogen-bond donors (Lipinski definition) is 2. The van der Waals surface area contributed by atoms with Gasteiger partial charge in [-0.3, -0.25) is 4.98 Å². The molecule has 0 spiro atoms. The number of anilines is 1. The number of nitrogens with one attached hydrogen (secondary N) is 1. The predicted octanol–water partition coefficient (Wildman–Crippen LogP) is 4.04. The molecule has 3 aromatic rings. The summed E-state index contributed by atoms with van der Waals surface area (Å²) >= 11 is 5.85. The fraction of sp³-hybridized carbons (Fsp3) is 0.235. The maximum absolute atomic E-state index is 12.8. The lowest BCUT2D eigenvalue weighted by molar-refractivity contribution is -0.207. The van der Waals surface area contributed by atoms with Crippen molar-refractivity contribution in [2.45, 2.75) is 12.3 Å². The molecular weight excluding hydrogens is 385 g/mol. The van der Waals surface area contributed by atoms with Gasteiger partial charge in [0.2, 0.25) is 0 Å². The minimum atomic E-state index is -4.52. The van der Waals surface area contributed by atoms with E-state index in [-0.39, 0.29) is 11.6 Å². The molecule has 0 unspecified atom stereocenters. The second-order valence-corrected chi connectivity index (χ2v) is 6.06. The van der Waals surface area contributed by atoms with E-state index in [1.807, 2.05) is 0 Å². The first-order chi connectivity index (χ1) is 12.8. The molecule has 0 aliphatic heterocycles. The van der Waals surface area contributed by atoms with Crippen LogP contribution in [0.4, 0.5) is 19.0 Å². The minimum Gasteiger partial charge on any atom is -0.507 e. The van der Waals surface area contributed by atoms with Crippen LogP contribution in [0.1, 0.15) is 0 Å². The molecule has 0 aliphatic rings. The van der Waals surface area contributed by atoms with Crippen LogP contribution in [0.5, 0.6) is 5.75 Å². The Morgan fingerprint density at radius 3 is 2.67 bits per heavy atom. The van der Waals surface area contributed by atoms with Crippen molar-refractivity contribution in [1.29, 1.82) is 0 Å². The van der Waals surface area contributed by atoms with Gasteiger partial charge in [0.25, 0.3) is 0 Å². The monoisotopic (exact) mass is 398 g/mol. The van der Waals surface area contributed by atoms with Crippen molar-refractivity contribution in [2.75, 3.05) is 19.0 Å². The predicted molar refractivity (Wildman–Crippen MR) is 94.8 cm³/mol. The van der Waals surface area contributed by atoms with Gasteiger partial charge in [-0.05, 0) is 24.3 Å². The zero-order valence-electron chi connectivity index (χ0n) is 14.0. The van der Waals surface area contributed by atoms with Crippen molar-refractivity contribution in [1.82, 2.24) is 15.2 Å². The lowest BCUT2D eigenvalue weighted by atomic mass is 10.1. The molecular formula is C17H14ClF3N4O2. The maximum atomic E-state index is 12.8. The molecule has 1 atom stereocenters. The van der Waals surface area contributed by atoms with Crippen LogP contribution in [0.2, 0.25) is 5.02 Å². The van der Waals surface area contributed by atoms with Gasteiger partial charge in [0, 0.05) is 40.9 Å². The maximum Gasteiger partial charge on any atom is 0.416 e. The van der Waals surface area contributed by atoms with Gasteiger partial charge in [-0.25, -0.2) is 0 Å². The Balaban J connectivity index is 2.01. The van der Waals surface area contributed by atoms with E-state index >= 15 is 0 Å². The fourth-order valence-corrected chi connectivity index (χ4v) is 2.72. The molecule has 2 aromatic heterocycles. The quantitative estimate of drug-likeness (QED) is 0.675. The Labute approximate surface area is 157 Å². The molecule has 142 valence electrons. The summed E-state index contributed by atoms with van der Waals surface area (Å²) in [6, 6.07) is 6.17. The van der Waals surface area contributed by atoms with Gasteiger partial charge >= 0.3 is 6.18 Å². The minimum absolute atomic E-state index is 0.0906. The molecule has 0 amide bonds. The first-order valence-electron chi connectivity index (χ1n) is 7.74. The lowest BCUT2D eigenvalue weighted by Crippen LogP contribution is -2.37. The summed E-state index contributed by atoms with van der Waals surface area (Å²) in [5.41, 5.74) is 0.742. The van der Waals surface area contributed by atoms with Crippen molar-refractivity contribution in [3.63, 3.8) is 0 Å². The summed E-state index contributed by atoms with van der Waals surface area (Å²) in [7, 11) is 0.984. The third-order valence-corrected chi connectivity index (χ3v) is 4.14. The molecule has 2 N–H and O–H groups in total. The SMILES string of the molecule is CO[C@H](CNc1nnc(-c2ccc(Cl)cc2O)c2ccncc12)C(F)(F)F. The Kier molecular flexibility index (Phi) is 5.33. The van der Waals surface area contributed by atoms with Crippen molar-refractivity contribution >= 4 is 28.2 Å². The average molecular weight is 399 g/mol. The van der Waals surface area contributed by atoms with Crippen LogP contribution in [0.15, 0.2) is 36.7 Å². The fourth-order valence-electron chi connectivity index (χ4n) is 2.55. The number of rotatable bonds is 5. The molecule has 0 saturated carbocycles. The van der Waals surface area contributed by atoms with Gasteiger partial charge in [-0.2, -0.15) is 13.2 Å². The zero-order chi connectivity index (χ0) is 19.6. The van der Waals surface area contributed by atoms with E-state index < -0.39 is 18.8 Å². The highest BCUT2D eigenvalue weighted by atomic mass is 35.5. The molecule has 0 radical (unpaired) electrons. The lowest BCUT2D eigenvalue weighted by Gasteiger charge is -2.19. The largest absolute Gasteiger partial charge is 0.507 e. The number of fused-ring (bicyclic) bond motifs is 1. The van der Waals surface area contributed by atoms with Gasteiger partial charge in [0.15, 0.2) is 11.9 Å². The van der Waals surface area contributed by atoms with Crippen LogP contribution >= 0.6 is 11.6 Å². The topological polar surface area (TPSA) is 80.2 Å². The van der Waals surface area contributed by atoms with Crippen LogP contribution in [0.3, 0.4) is 0 Å². The molecule has 3 rings (SSSR count). The number of nitrogens with zero attached hydrogens (tertiary/aromatic N) is 3. The second-order valence-electron chi connectivity index (χ2n) is 5.63. The van der Waals surface area contributed by atoms with Gasteiger partial charge in [-0.15, -0.1) is 10.2 Å². The van der Waals surface area contributed by atoms with E-state index in [0.717, 1.165) is 7.11 Å². The normalized spacial score (nSPS) is 12.9. The van der Waals surface area contributed by atoms with E-state index in [1.54, 1.807) is 18.2 Å². The van der Waals surface area contributed by atoms with Crippen molar-refractivity contribution < 1.29 is 23.0 Å². The molecule has 0 aliphatic carbocycles. The van der Waals surface area contributed by atoms with Gasteiger partial charge in [0.05, 0.1) is 6.54 Å². The second kappa shape index (κ2) is 7.53. The molecule has 10 heteroatoms. The van der Waals surface area contributed by atoms with E-state index in [2.05, 4.69) is 25.2 Å². The summed E-state index contributed by atoms with van der Waals surface area (Å²) in [6.07, 6.45) is -3.54. The van der Waals surface area contributed by atoms with Crippen molar-refractivity contribution in [3.8, 4) is 17.0 Å². The summed E-state index contributed by atoms with van der Waals surface area (Å²) in [5, 5.41) is 22.1. The smallest absolute Gasteiger partial charge is 0.416 e. The highest BCUT2D eigenvalue weighted by molar-refractivity contribution is 6.30. The average Bonchev–Trinajstić information content (AvgIpc) is 2.61. The molecule has 0 bridgehead atoms. The first kappa shape index (κ1) is 19.1. The number of pyridine rings is 1. The van der Waals surface area contributed by atoms with Crippen LogP contribution in [-0.2, 0) is 4.74 Å². The Morgan fingerprint density at radius 1 is 1.22 bits per heavy atom. The summed E-state index contributed by atoms with van der Waals surface area (Å²) in [4.78, 5) is 4.00. The summed E-state index contributed by atoms with van der Waals surface area (Å²) < 4.78 is 43.0. The Morgan fingerprint density at radius 2 is 2.00 bits per heavy atom. The van der Waals surface area contributed by atoms with E-state index in [1.165, 1.54) is 18.5 Å². The molecule has 2 heterocycles. The third kappa shape index (κ3) is 4.04. The number of hydrogen-bond acceptors (Lipinski definition) is 6. The Bertz CT molecular complexity index is 969. The van der Waals surface area contributed by atoms with Crippen LogP contribution in [-0.4, -0.2) is 46.2 Å². The molecule has 1 aromatic carbocycles. The van der Waals surface area contributed by atoms with E-state index in [9.17, 15) is 18.3 Å². The summed E-state index contributed by atoms with van der Waals surface area (Å²) in [6.45, 7) is -0.537. The van der Waals surface area contributed by atoms with E-state index in [0.29, 0.717) is 27.1 Å². The standard InChI is InChI=1S/C17H14ClF3N4O2/c1-27-14(17(19,20)21)8-23-16-12-7-22-5-4-10(12)15(24-25-16)11-3-2-9(18)6-13(11)26/h2-7,14,26H,8H2,1H3,(H,23,25)/t14-/m1/s1. The number of phenols is 1. The highest BCUT2D eigenvalue weighted by Crippen LogP contribution is 2.35.